The summed E-state index contributed by atoms with van der Waals surface area (Å²) >= 11 is 0. The zero-order valence-corrected chi connectivity index (χ0v) is 9.17. The third-order valence-electron chi connectivity index (χ3n) is 4.09. The molecule has 1 aliphatic carbocycles. The van der Waals surface area contributed by atoms with Crippen molar-refractivity contribution in [1.82, 2.24) is 5.32 Å². The van der Waals surface area contributed by atoms with E-state index in [4.69, 9.17) is 0 Å². The Morgan fingerprint density at radius 2 is 1.93 bits per heavy atom. The van der Waals surface area contributed by atoms with Gasteiger partial charge in [0, 0.05) is 0 Å². The molecule has 1 N–H and O–H groups in total. The number of hydrogen-bond donors (Lipinski definition) is 1. The maximum Gasteiger partial charge on any atom is -0.00179 e. The van der Waals surface area contributed by atoms with E-state index in [-0.39, 0.29) is 0 Å². The highest BCUT2D eigenvalue weighted by atomic mass is 14.9. The fraction of sp³-hybridized carbons (Fsp3) is 0.846. The SMILES string of the molecule is C=CC1CCCC(C2CCCNC2)C1. The predicted octanol–water partition coefficient (Wildman–Crippen LogP) is 2.98. The van der Waals surface area contributed by atoms with Crippen molar-refractivity contribution < 1.29 is 0 Å². The van der Waals surface area contributed by atoms with Crippen LogP contribution in [0.1, 0.15) is 38.5 Å². The Morgan fingerprint density at radius 3 is 2.64 bits per heavy atom. The van der Waals surface area contributed by atoms with Crippen LogP contribution in [0.5, 0.6) is 0 Å². The van der Waals surface area contributed by atoms with Gasteiger partial charge in [-0.05, 0) is 56.5 Å². The Labute approximate surface area is 88.0 Å². The second-order valence-corrected chi connectivity index (χ2v) is 5.03. The van der Waals surface area contributed by atoms with Crippen LogP contribution in [-0.2, 0) is 0 Å². The molecule has 1 aliphatic heterocycles. The van der Waals surface area contributed by atoms with Gasteiger partial charge in [-0.25, -0.2) is 0 Å². The van der Waals surface area contributed by atoms with Gasteiger partial charge in [-0.3, -0.25) is 0 Å². The van der Waals surface area contributed by atoms with E-state index in [0.29, 0.717) is 0 Å². The highest BCUT2D eigenvalue weighted by Gasteiger charge is 2.27. The minimum absolute atomic E-state index is 0.815. The van der Waals surface area contributed by atoms with Crippen molar-refractivity contribution in [2.45, 2.75) is 38.5 Å². The van der Waals surface area contributed by atoms with Crippen molar-refractivity contribution in [1.29, 1.82) is 0 Å². The van der Waals surface area contributed by atoms with Crippen molar-refractivity contribution in [3.63, 3.8) is 0 Å². The van der Waals surface area contributed by atoms with Crippen molar-refractivity contribution in [3.8, 4) is 0 Å². The fourth-order valence-corrected chi connectivity index (χ4v) is 3.19. The smallest absolute Gasteiger partial charge is 0.00179 e. The average molecular weight is 193 g/mol. The Bertz CT molecular complexity index is 182. The summed E-state index contributed by atoms with van der Waals surface area (Å²) in [5, 5.41) is 3.54. The molecule has 80 valence electrons. The van der Waals surface area contributed by atoms with Gasteiger partial charge in [0.2, 0.25) is 0 Å². The molecule has 1 heteroatoms. The third kappa shape index (κ3) is 2.38. The Kier molecular flexibility index (Phi) is 3.63. The van der Waals surface area contributed by atoms with Gasteiger partial charge in [0.15, 0.2) is 0 Å². The van der Waals surface area contributed by atoms with Crippen LogP contribution in [0.3, 0.4) is 0 Å². The van der Waals surface area contributed by atoms with Crippen LogP contribution in [0.4, 0.5) is 0 Å². The maximum absolute atomic E-state index is 3.95. The molecular weight excluding hydrogens is 170 g/mol. The van der Waals surface area contributed by atoms with E-state index in [1.54, 1.807) is 0 Å². The summed E-state index contributed by atoms with van der Waals surface area (Å²) in [5.74, 6) is 2.77. The first-order valence-corrected chi connectivity index (χ1v) is 6.23. The molecule has 1 saturated heterocycles. The molecule has 0 spiro atoms. The molecule has 0 aromatic heterocycles. The number of nitrogens with one attached hydrogen (secondary N) is 1. The number of rotatable bonds is 2. The first-order valence-electron chi connectivity index (χ1n) is 6.23. The predicted molar refractivity (Wildman–Crippen MR) is 61.2 cm³/mol. The van der Waals surface area contributed by atoms with Gasteiger partial charge in [0.1, 0.15) is 0 Å². The van der Waals surface area contributed by atoms with Crippen LogP contribution in [-0.4, -0.2) is 13.1 Å². The van der Waals surface area contributed by atoms with Gasteiger partial charge in [-0.1, -0.05) is 18.9 Å². The summed E-state index contributed by atoms with van der Waals surface area (Å²) in [4.78, 5) is 0. The molecule has 0 amide bonds. The Balaban J connectivity index is 1.86. The zero-order chi connectivity index (χ0) is 9.80. The van der Waals surface area contributed by atoms with Gasteiger partial charge in [-0.2, -0.15) is 0 Å². The molecule has 1 saturated carbocycles. The molecule has 1 nitrogen and oxygen atoms in total. The van der Waals surface area contributed by atoms with Crippen molar-refractivity contribution in [2.24, 2.45) is 17.8 Å². The normalized spacial score (nSPS) is 39.3. The van der Waals surface area contributed by atoms with Gasteiger partial charge in [0.25, 0.3) is 0 Å². The van der Waals surface area contributed by atoms with Crippen LogP contribution < -0.4 is 5.32 Å². The topological polar surface area (TPSA) is 12.0 Å². The monoisotopic (exact) mass is 193 g/mol. The molecule has 14 heavy (non-hydrogen) atoms. The summed E-state index contributed by atoms with van der Waals surface area (Å²) in [6, 6.07) is 0. The minimum Gasteiger partial charge on any atom is -0.316 e. The van der Waals surface area contributed by atoms with Crippen molar-refractivity contribution in [2.75, 3.05) is 13.1 Å². The lowest BCUT2D eigenvalue weighted by molar-refractivity contribution is 0.185. The van der Waals surface area contributed by atoms with E-state index in [1.807, 2.05) is 0 Å². The largest absolute Gasteiger partial charge is 0.316 e. The molecular formula is C13H23N. The summed E-state index contributed by atoms with van der Waals surface area (Å²) in [6.07, 6.45) is 10.7. The molecule has 0 bridgehead atoms. The zero-order valence-electron chi connectivity index (χ0n) is 9.17. The molecule has 2 fully saturated rings. The van der Waals surface area contributed by atoms with E-state index in [0.717, 1.165) is 17.8 Å². The second kappa shape index (κ2) is 4.97. The van der Waals surface area contributed by atoms with Crippen molar-refractivity contribution in [3.05, 3.63) is 12.7 Å². The first kappa shape index (κ1) is 10.2. The minimum atomic E-state index is 0.815. The molecule has 2 aliphatic rings. The third-order valence-corrected chi connectivity index (χ3v) is 4.09. The lowest BCUT2D eigenvalue weighted by Gasteiger charge is -2.35. The first-order chi connectivity index (χ1) is 6.90. The van der Waals surface area contributed by atoms with Gasteiger partial charge in [-0.15, -0.1) is 6.58 Å². The summed E-state index contributed by atoms with van der Waals surface area (Å²) in [6.45, 7) is 6.46. The molecule has 0 aromatic rings. The number of allylic oxidation sites excluding steroid dienone is 1. The molecule has 1 heterocycles. The van der Waals surface area contributed by atoms with Crippen molar-refractivity contribution >= 4 is 0 Å². The van der Waals surface area contributed by atoms with Gasteiger partial charge in [0.05, 0.1) is 0 Å². The van der Waals surface area contributed by atoms with E-state index in [9.17, 15) is 0 Å². The van der Waals surface area contributed by atoms with Crippen LogP contribution in [0, 0.1) is 17.8 Å². The molecule has 2 rings (SSSR count). The number of hydrogen-bond acceptors (Lipinski definition) is 1. The van der Waals surface area contributed by atoms with E-state index < -0.39 is 0 Å². The molecule has 3 unspecified atom stereocenters. The molecule has 0 aromatic carbocycles. The Morgan fingerprint density at radius 1 is 1.07 bits per heavy atom. The lowest BCUT2D eigenvalue weighted by atomic mass is 9.73. The van der Waals surface area contributed by atoms with E-state index in [2.05, 4.69) is 18.0 Å². The van der Waals surface area contributed by atoms with Gasteiger partial charge < -0.3 is 5.32 Å². The maximum atomic E-state index is 3.95. The van der Waals surface area contributed by atoms with Gasteiger partial charge >= 0.3 is 0 Å². The quantitative estimate of drug-likeness (QED) is 0.665. The van der Waals surface area contributed by atoms with E-state index >= 15 is 0 Å². The summed E-state index contributed by atoms with van der Waals surface area (Å²) in [5.41, 5.74) is 0. The highest BCUT2D eigenvalue weighted by Crippen LogP contribution is 2.36. The Hall–Kier alpha value is -0.300. The second-order valence-electron chi connectivity index (χ2n) is 5.03. The summed E-state index contributed by atoms with van der Waals surface area (Å²) < 4.78 is 0. The average Bonchev–Trinajstić information content (AvgIpc) is 2.30. The summed E-state index contributed by atoms with van der Waals surface area (Å²) in [7, 11) is 0. The van der Waals surface area contributed by atoms with Crippen LogP contribution in [0.25, 0.3) is 0 Å². The standard InChI is InChI=1S/C13H23N/c1-2-11-5-3-6-12(9-11)13-7-4-8-14-10-13/h2,11-14H,1,3-10H2. The number of piperidine rings is 1. The van der Waals surface area contributed by atoms with E-state index in [1.165, 1.54) is 51.6 Å². The van der Waals surface area contributed by atoms with Crippen LogP contribution in [0.2, 0.25) is 0 Å². The fourth-order valence-electron chi connectivity index (χ4n) is 3.19. The van der Waals surface area contributed by atoms with Crippen LogP contribution in [0.15, 0.2) is 12.7 Å². The van der Waals surface area contributed by atoms with Crippen LogP contribution >= 0.6 is 0 Å². The molecule has 0 radical (unpaired) electrons. The molecule has 3 atom stereocenters. The highest BCUT2D eigenvalue weighted by molar-refractivity contribution is 4.88. The lowest BCUT2D eigenvalue weighted by Crippen LogP contribution is -2.35.